The molecule has 0 amide bonds. The molecule has 4 heteroatoms. The topological polar surface area (TPSA) is 21.6 Å². The van der Waals surface area contributed by atoms with Crippen LogP contribution in [-0.2, 0) is 4.28 Å². The number of rotatable bonds is 1. The average molecular weight is 233 g/mol. The van der Waals surface area contributed by atoms with E-state index in [0.29, 0.717) is 0 Å². The molecule has 0 fully saturated rings. The van der Waals surface area contributed by atoms with Crippen LogP contribution in [-0.4, -0.2) is 6.21 Å². The second-order valence-corrected chi connectivity index (χ2v) is 4.79. The monoisotopic (exact) mass is 233 g/mol. The van der Waals surface area contributed by atoms with Gasteiger partial charge >= 0.3 is 0 Å². The number of fused-ring (bicyclic) bond motifs is 1. The van der Waals surface area contributed by atoms with Crippen LogP contribution >= 0.6 is 23.4 Å². The van der Waals surface area contributed by atoms with Gasteiger partial charge in [-0.1, -0.05) is 23.4 Å². The second-order valence-electron chi connectivity index (χ2n) is 3.09. The Bertz CT molecular complexity index is 505. The summed E-state index contributed by atoms with van der Waals surface area (Å²) >= 11 is 3.04. The summed E-state index contributed by atoms with van der Waals surface area (Å²) in [6.45, 7) is 0. The van der Waals surface area contributed by atoms with E-state index in [9.17, 15) is 0 Å². The first-order valence-corrected chi connectivity index (χ1v) is 6.11. The number of hydrogen-bond donors (Lipinski definition) is 0. The second kappa shape index (κ2) is 3.72. The molecule has 1 aromatic heterocycles. The molecular formula is C11H7NOS2. The molecule has 2 heterocycles. The first kappa shape index (κ1) is 9.00. The van der Waals surface area contributed by atoms with Gasteiger partial charge in [0.15, 0.2) is 0 Å². The van der Waals surface area contributed by atoms with Crippen LogP contribution in [0.15, 0.2) is 45.8 Å². The minimum absolute atomic E-state index is 1.12. The summed E-state index contributed by atoms with van der Waals surface area (Å²) < 4.78 is 4.96. The van der Waals surface area contributed by atoms with E-state index in [1.54, 1.807) is 17.6 Å². The van der Waals surface area contributed by atoms with Crippen LogP contribution in [0.5, 0.6) is 0 Å². The Hall–Kier alpha value is -1.26. The van der Waals surface area contributed by atoms with Gasteiger partial charge in [-0.05, 0) is 17.5 Å². The third kappa shape index (κ3) is 1.56. The van der Waals surface area contributed by atoms with Crippen molar-refractivity contribution in [3.63, 3.8) is 0 Å². The summed E-state index contributed by atoms with van der Waals surface area (Å²) in [6, 6.07) is 10.4. The Morgan fingerprint density at radius 1 is 1.13 bits per heavy atom. The lowest BCUT2D eigenvalue weighted by Gasteiger charge is -2.11. The summed E-state index contributed by atoms with van der Waals surface area (Å²) in [7, 11) is 0. The molecule has 15 heavy (non-hydrogen) atoms. The highest BCUT2D eigenvalue weighted by molar-refractivity contribution is 7.94. The molecular weight excluding hydrogens is 226 g/mol. The molecule has 1 aliphatic heterocycles. The SMILES string of the molecule is C1=NOSc2cccc(-c3cccs3)c21. The van der Waals surface area contributed by atoms with Crippen LogP contribution in [0.1, 0.15) is 5.56 Å². The Morgan fingerprint density at radius 3 is 3.00 bits per heavy atom. The molecule has 0 spiro atoms. The van der Waals surface area contributed by atoms with Crippen molar-refractivity contribution in [3.05, 3.63) is 41.3 Å². The highest BCUT2D eigenvalue weighted by atomic mass is 32.2. The summed E-state index contributed by atoms with van der Waals surface area (Å²) in [5.41, 5.74) is 2.37. The van der Waals surface area contributed by atoms with Crippen LogP contribution < -0.4 is 0 Å². The minimum Gasteiger partial charge on any atom is -0.317 e. The molecule has 2 nitrogen and oxygen atoms in total. The lowest BCUT2D eigenvalue weighted by molar-refractivity contribution is 0.405. The molecule has 2 aromatic rings. The van der Waals surface area contributed by atoms with Gasteiger partial charge in [0, 0.05) is 16.0 Å². The number of hydrogen-bond acceptors (Lipinski definition) is 4. The van der Waals surface area contributed by atoms with Crippen molar-refractivity contribution in [2.75, 3.05) is 0 Å². The van der Waals surface area contributed by atoms with Gasteiger partial charge in [0.2, 0.25) is 0 Å². The Labute approximate surface area is 95.8 Å². The van der Waals surface area contributed by atoms with Gasteiger partial charge in [-0.15, -0.1) is 11.3 Å². The molecule has 0 saturated carbocycles. The molecule has 3 rings (SSSR count). The van der Waals surface area contributed by atoms with Crippen molar-refractivity contribution in [2.45, 2.75) is 4.90 Å². The molecule has 0 radical (unpaired) electrons. The fraction of sp³-hybridized carbons (Fsp3) is 0. The zero-order chi connectivity index (χ0) is 10.1. The summed E-state index contributed by atoms with van der Waals surface area (Å²) in [6.07, 6.45) is 1.78. The van der Waals surface area contributed by atoms with E-state index in [0.717, 1.165) is 10.5 Å². The lowest BCUT2D eigenvalue weighted by atomic mass is 10.1. The van der Waals surface area contributed by atoms with Gasteiger partial charge in [0.25, 0.3) is 0 Å². The molecule has 1 aliphatic rings. The standard InChI is InChI=1S/C11H7NOS2/c1-3-8(10-5-2-6-14-10)9-7-12-13-15-11(9)4-1/h1-7H. The van der Waals surface area contributed by atoms with Crippen molar-refractivity contribution in [2.24, 2.45) is 5.16 Å². The average Bonchev–Trinajstić information content (AvgIpc) is 2.82. The highest BCUT2D eigenvalue weighted by Gasteiger charge is 2.13. The first-order chi connectivity index (χ1) is 7.45. The normalized spacial score (nSPS) is 13.3. The fourth-order valence-corrected chi connectivity index (χ4v) is 2.85. The molecule has 0 saturated heterocycles. The molecule has 0 atom stereocenters. The van der Waals surface area contributed by atoms with Crippen molar-refractivity contribution < 1.29 is 4.28 Å². The summed E-state index contributed by atoms with van der Waals surface area (Å²) in [5, 5.41) is 5.91. The number of thiophene rings is 1. The maximum atomic E-state index is 4.96. The van der Waals surface area contributed by atoms with E-state index in [1.165, 1.54) is 22.5 Å². The quantitative estimate of drug-likeness (QED) is 0.699. The van der Waals surface area contributed by atoms with Crippen LogP contribution in [0.25, 0.3) is 10.4 Å². The van der Waals surface area contributed by atoms with Gasteiger partial charge in [0.05, 0.1) is 11.1 Å². The van der Waals surface area contributed by atoms with E-state index < -0.39 is 0 Å². The van der Waals surface area contributed by atoms with Gasteiger partial charge < -0.3 is 4.28 Å². The van der Waals surface area contributed by atoms with Gasteiger partial charge in [-0.3, -0.25) is 0 Å². The molecule has 0 aliphatic carbocycles. The Morgan fingerprint density at radius 2 is 2.13 bits per heavy atom. The van der Waals surface area contributed by atoms with E-state index in [4.69, 9.17) is 4.28 Å². The molecule has 0 bridgehead atoms. The number of oxime groups is 1. The maximum Gasteiger partial charge on any atom is 0.125 e. The van der Waals surface area contributed by atoms with Crippen molar-refractivity contribution in [3.8, 4) is 10.4 Å². The zero-order valence-electron chi connectivity index (χ0n) is 7.71. The van der Waals surface area contributed by atoms with Crippen molar-refractivity contribution in [1.82, 2.24) is 0 Å². The van der Waals surface area contributed by atoms with Crippen molar-refractivity contribution in [1.29, 1.82) is 0 Å². The van der Waals surface area contributed by atoms with E-state index in [-0.39, 0.29) is 0 Å². The predicted molar refractivity (Wildman–Crippen MR) is 64.3 cm³/mol. The van der Waals surface area contributed by atoms with Gasteiger partial charge in [-0.25, -0.2) is 0 Å². The smallest absolute Gasteiger partial charge is 0.125 e. The Balaban J connectivity index is 2.21. The molecule has 0 N–H and O–H groups in total. The van der Waals surface area contributed by atoms with E-state index in [1.807, 2.05) is 12.1 Å². The van der Waals surface area contributed by atoms with Gasteiger partial charge in [-0.2, -0.15) is 0 Å². The third-order valence-electron chi connectivity index (χ3n) is 2.20. The van der Waals surface area contributed by atoms with E-state index >= 15 is 0 Å². The largest absolute Gasteiger partial charge is 0.317 e. The third-order valence-corrected chi connectivity index (χ3v) is 3.80. The molecule has 74 valence electrons. The highest BCUT2D eigenvalue weighted by Crippen LogP contribution is 2.35. The molecule has 0 unspecified atom stereocenters. The zero-order valence-corrected chi connectivity index (χ0v) is 9.35. The minimum atomic E-state index is 1.12. The lowest BCUT2D eigenvalue weighted by Crippen LogP contribution is -1.94. The fourth-order valence-electron chi connectivity index (χ4n) is 1.53. The first-order valence-electron chi connectivity index (χ1n) is 4.49. The Kier molecular flexibility index (Phi) is 2.23. The van der Waals surface area contributed by atoms with Crippen LogP contribution in [0.2, 0.25) is 0 Å². The predicted octanol–water partition coefficient (Wildman–Crippen LogP) is 3.79. The number of nitrogens with zero attached hydrogens (tertiary/aromatic N) is 1. The summed E-state index contributed by atoms with van der Waals surface area (Å²) in [5.74, 6) is 0. The number of benzene rings is 1. The van der Waals surface area contributed by atoms with Crippen LogP contribution in [0.4, 0.5) is 0 Å². The van der Waals surface area contributed by atoms with E-state index in [2.05, 4.69) is 28.7 Å². The summed E-state index contributed by atoms with van der Waals surface area (Å²) in [4.78, 5) is 2.39. The van der Waals surface area contributed by atoms with Crippen LogP contribution in [0.3, 0.4) is 0 Å². The van der Waals surface area contributed by atoms with Crippen LogP contribution in [0, 0.1) is 0 Å². The maximum absolute atomic E-state index is 4.96. The molecule has 1 aromatic carbocycles. The van der Waals surface area contributed by atoms with Crippen molar-refractivity contribution >= 4 is 29.6 Å². The van der Waals surface area contributed by atoms with Gasteiger partial charge in [0.1, 0.15) is 12.0 Å².